The van der Waals surface area contributed by atoms with E-state index < -0.39 is 18.5 Å². The highest BCUT2D eigenvalue weighted by atomic mass is 35.5. The summed E-state index contributed by atoms with van der Waals surface area (Å²) in [6.07, 6.45) is 2.78. The van der Waals surface area contributed by atoms with Crippen LogP contribution in [0.1, 0.15) is 11.3 Å². The Morgan fingerprint density at radius 3 is 2.55 bits per heavy atom. The number of anilines is 1. The smallest absolute Gasteiger partial charge is 0.331 e. The minimum absolute atomic E-state index is 0.373. The molecule has 1 heterocycles. The van der Waals surface area contributed by atoms with Crippen molar-refractivity contribution in [2.24, 2.45) is 0 Å². The van der Waals surface area contributed by atoms with Gasteiger partial charge in [-0.05, 0) is 55.0 Å². The Morgan fingerprint density at radius 1 is 1.17 bits per heavy atom. The number of carbonyl (C=O) groups is 2. The first-order valence-electron chi connectivity index (χ1n) is 8.63. The van der Waals surface area contributed by atoms with Gasteiger partial charge in [-0.3, -0.25) is 4.79 Å². The van der Waals surface area contributed by atoms with Crippen molar-refractivity contribution in [1.82, 2.24) is 9.78 Å². The first-order valence-corrected chi connectivity index (χ1v) is 9.01. The third kappa shape index (κ3) is 5.76. The third-order valence-corrected chi connectivity index (χ3v) is 4.05. The molecule has 0 radical (unpaired) electrons. The second kappa shape index (κ2) is 9.16. The number of esters is 1. The van der Waals surface area contributed by atoms with E-state index in [2.05, 4.69) is 10.4 Å². The van der Waals surface area contributed by atoms with Crippen LogP contribution in [0.4, 0.5) is 10.2 Å². The normalized spacial score (nSPS) is 10.9. The van der Waals surface area contributed by atoms with Crippen LogP contribution in [-0.4, -0.2) is 28.3 Å². The van der Waals surface area contributed by atoms with Crippen LogP contribution < -0.4 is 5.32 Å². The van der Waals surface area contributed by atoms with Gasteiger partial charge >= 0.3 is 5.97 Å². The van der Waals surface area contributed by atoms with Crippen LogP contribution in [0.3, 0.4) is 0 Å². The molecule has 0 aliphatic carbocycles. The van der Waals surface area contributed by atoms with Gasteiger partial charge in [0.05, 0.1) is 11.4 Å². The van der Waals surface area contributed by atoms with Gasteiger partial charge in [0.15, 0.2) is 6.61 Å². The lowest BCUT2D eigenvalue weighted by molar-refractivity contribution is -0.142. The number of hydrogen-bond donors (Lipinski definition) is 1. The van der Waals surface area contributed by atoms with Crippen LogP contribution in [0.5, 0.6) is 0 Å². The van der Waals surface area contributed by atoms with Crippen molar-refractivity contribution in [2.75, 3.05) is 11.9 Å². The van der Waals surface area contributed by atoms with Gasteiger partial charge in [-0.25, -0.2) is 13.9 Å². The number of aryl methyl sites for hydroxylation is 1. The molecule has 0 spiro atoms. The number of hydrogen-bond acceptors (Lipinski definition) is 4. The van der Waals surface area contributed by atoms with E-state index in [0.29, 0.717) is 22.2 Å². The van der Waals surface area contributed by atoms with Crippen LogP contribution in [0.15, 0.2) is 60.7 Å². The van der Waals surface area contributed by atoms with Crippen LogP contribution in [0.25, 0.3) is 11.8 Å². The van der Waals surface area contributed by atoms with Gasteiger partial charge in [-0.15, -0.1) is 0 Å². The molecule has 2 aromatic carbocycles. The molecular formula is C21H17ClFN3O3. The molecule has 0 saturated heterocycles. The Balaban J connectivity index is 1.57. The van der Waals surface area contributed by atoms with E-state index in [0.717, 1.165) is 5.56 Å². The van der Waals surface area contributed by atoms with Gasteiger partial charge in [0.1, 0.15) is 11.6 Å². The second-order valence-electron chi connectivity index (χ2n) is 6.10. The van der Waals surface area contributed by atoms with E-state index in [4.69, 9.17) is 16.3 Å². The Bertz CT molecular complexity index is 1040. The summed E-state index contributed by atoms with van der Waals surface area (Å²) in [5, 5.41) is 7.50. The van der Waals surface area contributed by atoms with Gasteiger partial charge in [-0.2, -0.15) is 5.10 Å². The lowest BCUT2D eigenvalue weighted by atomic mass is 10.2. The summed E-state index contributed by atoms with van der Waals surface area (Å²) in [5.41, 5.74) is 2.01. The predicted molar refractivity (Wildman–Crippen MR) is 108 cm³/mol. The quantitative estimate of drug-likeness (QED) is 0.486. The fourth-order valence-corrected chi connectivity index (χ4v) is 2.60. The van der Waals surface area contributed by atoms with E-state index in [9.17, 15) is 14.0 Å². The zero-order chi connectivity index (χ0) is 20.8. The molecule has 0 saturated carbocycles. The van der Waals surface area contributed by atoms with Gasteiger partial charge in [0.25, 0.3) is 5.91 Å². The van der Waals surface area contributed by atoms with Crippen LogP contribution >= 0.6 is 11.6 Å². The average molecular weight is 414 g/mol. The molecule has 0 fully saturated rings. The molecule has 1 N–H and O–H groups in total. The maximum Gasteiger partial charge on any atom is 0.331 e. The molecule has 6 nitrogen and oxygen atoms in total. The molecular weight excluding hydrogens is 397 g/mol. The monoisotopic (exact) mass is 413 g/mol. The number of ether oxygens (including phenoxy) is 1. The third-order valence-electron chi connectivity index (χ3n) is 3.80. The lowest BCUT2D eigenvalue weighted by Gasteiger charge is -2.09. The van der Waals surface area contributed by atoms with Crippen molar-refractivity contribution in [3.05, 3.63) is 82.8 Å². The highest BCUT2D eigenvalue weighted by molar-refractivity contribution is 6.30. The van der Waals surface area contributed by atoms with Gasteiger partial charge in [-0.1, -0.05) is 23.7 Å². The molecule has 0 bridgehead atoms. The van der Waals surface area contributed by atoms with E-state index in [1.54, 1.807) is 55.5 Å². The second-order valence-corrected chi connectivity index (χ2v) is 6.54. The van der Waals surface area contributed by atoms with Crippen molar-refractivity contribution in [3.8, 4) is 5.69 Å². The van der Waals surface area contributed by atoms with Crippen molar-refractivity contribution < 1.29 is 18.7 Å². The molecule has 1 aromatic heterocycles. The fraction of sp³-hybridized carbons (Fsp3) is 0.0952. The van der Waals surface area contributed by atoms with E-state index in [-0.39, 0.29) is 5.82 Å². The molecule has 3 aromatic rings. The number of carbonyl (C=O) groups excluding carboxylic acids is 2. The van der Waals surface area contributed by atoms with Gasteiger partial charge in [0.2, 0.25) is 0 Å². The summed E-state index contributed by atoms with van der Waals surface area (Å²) in [4.78, 5) is 23.9. The highest BCUT2D eigenvalue weighted by Crippen LogP contribution is 2.17. The molecule has 3 rings (SSSR count). The Kier molecular flexibility index (Phi) is 6.41. The van der Waals surface area contributed by atoms with Gasteiger partial charge < -0.3 is 10.1 Å². The Labute approximate surface area is 171 Å². The first kappa shape index (κ1) is 20.3. The molecule has 0 atom stereocenters. The molecule has 1 amide bonds. The molecule has 8 heteroatoms. The number of amides is 1. The van der Waals surface area contributed by atoms with E-state index in [1.807, 2.05) is 0 Å². The van der Waals surface area contributed by atoms with Crippen LogP contribution in [0.2, 0.25) is 5.02 Å². The number of benzene rings is 2. The van der Waals surface area contributed by atoms with Crippen LogP contribution in [-0.2, 0) is 14.3 Å². The summed E-state index contributed by atoms with van der Waals surface area (Å²) < 4.78 is 19.5. The number of nitrogens with zero attached hydrogens (tertiary/aromatic N) is 2. The van der Waals surface area contributed by atoms with Crippen molar-refractivity contribution in [1.29, 1.82) is 0 Å². The lowest BCUT2D eigenvalue weighted by Crippen LogP contribution is -2.21. The SMILES string of the molecule is Cc1cc(NC(=O)COC(=O)/C=C/c2ccc(Cl)cc2)n(-c2ccc(F)cc2)n1. The molecule has 148 valence electrons. The molecule has 0 unspecified atom stereocenters. The number of nitrogens with one attached hydrogen (secondary N) is 1. The predicted octanol–water partition coefficient (Wildman–Crippen LogP) is 4.17. The summed E-state index contributed by atoms with van der Waals surface area (Å²) >= 11 is 5.80. The van der Waals surface area contributed by atoms with Crippen molar-refractivity contribution in [3.63, 3.8) is 0 Å². The minimum Gasteiger partial charge on any atom is -0.452 e. The van der Waals surface area contributed by atoms with E-state index in [1.165, 1.54) is 22.9 Å². The molecule has 0 aliphatic rings. The topological polar surface area (TPSA) is 73.2 Å². The van der Waals surface area contributed by atoms with Crippen molar-refractivity contribution >= 4 is 35.4 Å². The Morgan fingerprint density at radius 2 is 1.86 bits per heavy atom. The molecule has 0 aliphatic heterocycles. The number of rotatable bonds is 6. The Hall–Kier alpha value is -3.45. The fourth-order valence-electron chi connectivity index (χ4n) is 2.47. The van der Waals surface area contributed by atoms with E-state index >= 15 is 0 Å². The summed E-state index contributed by atoms with van der Waals surface area (Å²) in [7, 11) is 0. The zero-order valence-corrected chi connectivity index (χ0v) is 16.2. The average Bonchev–Trinajstić information content (AvgIpc) is 3.06. The maximum absolute atomic E-state index is 13.1. The largest absolute Gasteiger partial charge is 0.452 e. The minimum atomic E-state index is -0.654. The summed E-state index contributed by atoms with van der Waals surface area (Å²) in [6.45, 7) is 1.30. The summed E-state index contributed by atoms with van der Waals surface area (Å²) in [5.74, 6) is -1.17. The number of aromatic nitrogens is 2. The highest BCUT2D eigenvalue weighted by Gasteiger charge is 2.12. The maximum atomic E-state index is 13.1. The first-order chi connectivity index (χ1) is 13.9. The molecule has 29 heavy (non-hydrogen) atoms. The summed E-state index contributed by atoms with van der Waals surface area (Å²) in [6, 6.07) is 14.2. The number of halogens is 2. The van der Waals surface area contributed by atoms with Crippen molar-refractivity contribution in [2.45, 2.75) is 6.92 Å². The van der Waals surface area contributed by atoms with Gasteiger partial charge in [0, 0.05) is 17.2 Å². The standard InChI is InChI=1S/C21H17ClFN3O3/c1-14-12-19(26(25-14)18-9-7-17(23)8-10-18)24-20(27)13-29-21(28)11-4-15-2-5-16(22)6-3-15/h2-12H,13H2,1H3,(H,24,27)/b11-4+. The zero-order valence-electron chi connectivity index (χ0n) is 15.4. The van der Waals surface area contributed by atoms with Crippen LogP contribution in [0, 0.1) is 12.7 Å².